The third kappa shape index (κ3) is 6.20. The molecular formula is C29H30F3N3O4S. The normalized spacial score (nSPS) is 14.2. The maximum atomic E-state index is 13.9. The van der Waals surface area contributed by atoms with Gasteiger partial charge >= 0.3 is 12.1 Å². The number of halogens is 3. The van der Waals surface area contributed by atoms with Crippen LogP contribution in [0, 0.1) is 13.8 Å². The van der Waals surface area contributed by atoms with Gasteiger partial charge in [-0.2, -0.15) is 18.3 Å². The van der Waals surface area contributed by atoms with E-state index in [9.17, 15) is 26.4 Å². The van der Waals surface area contributed by atoms with Crippen molar-refractivity contribution in [2.75, 3.05) is 6.61 Å². The lowest BCUT2D eigenvalue weighted by molar-refractivity contribution is -0.141. The summed E-state index contributed by atoms with van der Waals surface area (Å²) in [5.41, 5.74) is 3.23. The first-order valence-corrected chi connectivity index (χ1v) is 14.1. The van der Waals surface area contributed by atoms with Crippen LogP contribution in [0.25, 0.3) is 16.9 Å². The Morgan fingerprint density at radius 3 is 2.42 bits per heavy atom. The standard InChI is InChI=1S/C29H30F3N3O4S/c1-17(2)21-12-10-20(11-13-21)16-39-28(36)22-6-5-7-25(40(33,37)38)27(22)35-24(15-26(34-35)29(30,31)32)23-14-18(3)8-9-19(23)4/h5-10,14-15H,11-13,16H2,1-4H3,(H2,33,37,38). The molecule has 4 rings (SSSR count). The SMILES string of the molecule is CC(C)=C1CC=C(COC(=O)c2cccc(S(N)(=O)=O)c2-n2nc(C(F)(F)F)cc2-c2cc(C)ccc2C)CC1. The van der Waals surface area contributed by atoms with Crippen LogP contribution in [0.5, 0.6) is 0 Å². The van der Waals surface area contributed by atoms with Gasteiger partial charge in [-0.05, 0) is 82.4 Å². The van der Waals surface area contributed by atoms with E-state index in [1.807, 2.05) is 19.9 Å². The van der Waals surface area contributed by atoms with E-state index in [1.165, 1.54) is 23.3 Å². The summed E-state index contributed by atoms with van der Waals surface area (Å²) in [6.45, 7) is 7.53. The number of benzene rings is 2. The summed E-state index contributed by atoms with van der Waals surface area (Å²) in [7, 11) is -4.50. The Bertz CT molecular complexity index is 1650. The fourth-order valence-corrected chi connectivity index (χ4v) is 5.37. The molecule has 0 saturated heterocycles. The van der Waals surface area contributed by atoms with Crippen molar-refractivity contribution in [2.24, 2.45) is 5.14 Å². The summed E-state index contributed by atoms with van der Waals surface area (Å²) in [6, 6.07) is 9.70. The van der Waals surface area contributed by atoms with Gasteiger partial charge in [0.1, 0.15) is 11.5 Å². The van der Waals surface area contributed by atoms with E-state index in [4.69, 9.17) is 9.88 Å². The van der Waals surface area contributed by atoms with Crippen molar-refractivity contribution in [3.8, 4) is 16.9 Å². The van der Waals surface area contributed by atoms with E-state index in [2.05, 4.69) is 5.10 Å². The molecule has 1 aliphatic carbocycles. The summed E-state index contributed by atoms with van der Waals surface area (Å²) in [6.07, 6.45) is -0.573. The Morgan fingerprint density at radius 2 is 1.82 bits per heavy atom. The molecule has 0 aliphatic heterocycles. The van der Waals surface area contributed by atoms with Crippen molar-refractivity contribution in [3.63, 3.8) is 0 Å². The number of sulfonamides is 1. The number of primary sulfonamides is 1. The van der Waals surface area contributed by atoms with Gasteiger partial charge in [-0.25, -0.2) is 23.0 Å². The van der Waals surface area contributed by atoms with Crippen LogP contribution >= 0.6 is 0 Å². The molecule has 0 saturated carbocycles. The number of alkyl halides is 3. The number of hydrogen-bond acceptors (Lipinski definition) is 5. The van der Waals surface area contributed by atoms with Gasteiger partial charge in [0.05, 0.1) is 16.9 Å². The molecule has 0 amide bonds. The highest BCUT2D eigenvalue weighted by molar-refractivity contribution is 7.89. The van der Waals surface area contributed by atoms with Crippen molar-refractivity contribution in [1.82, 2.24) is 9.78 Å². The Hall–Kier alpha value is -3.70. The zero-order valence-electron chi connectivity index (χ0n) is 22.6. The lowest BCUT2D eigenvalue weighted by Gasteiger charge is -2.19. The Kier molecular flexibility index (Phi) is 8.09. The maximum Gasteiger partial charge on any atom is 0.435 e. The first-order valence-electron chi connectivity index (χ1n) is 12.6. The van der Waals surface area contributed by atoms with Crippen LogP contribution in [-0.2, 0) is 20.9 Å². The molecule has 11 heteroatoms. The van der Waals surface area contributed by atoms with Gasteiger partial charge in [-0.1, -0.05) is 41.0 Å². The zero-order chi connectivity index (χ0) is 29.4. The number of para-hydroxylation sites is 1. The second-order valence-corrected chi connectivity index (χ2v) is 11.6. The molecule has 7 nitrogen and oxygen atoms in total. The van der Waals surface area contributed by atoms with Crippen molar-refractivity contribution in [3.05, 3.63) is 87.6 Å². The molecule has 0 bridgehead atoms. The van der Waals surface area contributed by atoms with Crippen molar-refractivity contribution in [1.29, 1.82) is 0 Å². The van der Waals surface area contributed by atoms with Crippen LogP contribution in [0.4, 0.5) is 13.2 Å². The summed E-state index contributed by atoms with van der Waals surface area (Å²) in [4.78, 5) is 12.8. The third-order valence-corrected chi connectivity index (χ3v) is 7.83. The molecule has 0 radical (unpaired) electrons. The highest BCUT2D eigenvalue weighted by atomic mass is 32.2. The second kappa shape index (κ2) is 11.1. The number of aromatic nitrogens is 2. The number of carbonyl (C=O) groups excluding carboxylic acids is 1. The van der Waals surface area contributed by atoms with Crippen molar-refractivity contribution < 1.29 is 31.1 Å². The molecule has 0 atom stereocenters. The predicted octanol–water partition coefficient (Wildman–Crippen LogP) is 6.43. The zero-order valence-corrected chi connectivity index (χ0v) is 23.4. The number of nitrogens with zero attached hydrogens (tertiary/aromatic N) is 2. The van der Waals surface area contributed by atoms with E-state index < -0.39 is 38.4 Å². The van der Waals surface area contributed by atoms with Crippen LogP contribution < -0.4 is 5.14 Å². The van der Waals surface area contributed by atoms with Crippen LogP contribution in [0.2, 0.25) is 0 Å². The monoisotopic (exact) mass is 573 g/mol. The number of rotatable bonds is 6. The van der Waals surface area contributed by atoms with Gasteiger partial charge in [0, 0.05) is 5.56 Å². The molecule has 2 aromatic carbocycles. The van der Waals surface area contributed by atoms with Crippen LogP contribution in [-0.4, -0.2) is 30.8 Å². The Labute approximate surface area is 231 Å². The lowest BCUT2D eigenvalue weighted by atomic mass is 9.92. The second-order valence-electron chi connectivity index (χ2n) is 10.1. The van der Waals surface area contributed by atoms with Gasteiger partial charge in [0.15, 0.2) is 5.69 Å². The van der Waals surface area contributed by atoms with Crippen LogP contribution in [0.15, 0.2) is 70.2 Å². The fourth-order valence-electron chi connectivity index (χ4n) is 4.63. The molecule has 3 aromatic rings. The maximum absolute atomic E-state index is 13.9. The highest BCUT2D eigenvalue weighted by Crippen LogP contribution is 2.37. The molecule has 212 valence electrons. The molecule has 1 aliphatic rings. The predicted molar refractivity (Wildman–Crippen MR) is 145 cm³/mol. The first-order chi connectivity index (χ1) is 18.7. The highest BCUT2D eigenvalue weighted by Gasteiger charge is 2.37. The van der Waals surface area contributed by atoms with E-state index in [0.29, 0.717) is 17.5 Å². The average molecular weight is 574 g/mol. The van der Waals surface area contributed by atoms with E-state index in [0.717, 1.165) is 40.8 Å². The van der Waals surface area contributed by atoms with Crippen molar-refractivity contribution in [2.45, 2.75) is 58.0 Å². The minimum absolute atomic E-state index is 0.0370. The van der Waals surface area contributed by atoms with Gasteiger partial charge in [-0.15, -0.1) is 0 Å². The van der Waals surface area contributed by atoms with Crippen molar-refractivity contribution >= 4 is 16.0 Å². The molecule has 2 N–H and O–H groups in total. The Balaban J connectivity index is 1.86. The summed E-state index contributed by atoms with van der Waals surface area (Å²) < 4.78 is 73.2. The van der Waals surface area contributed by atoms with Gasteiger partial charge in [0.25, 0.3) is 0 Å². The summed E-state index contributed by atoms with van der Waals surface area (Å²) in [5, 5.41) is 9.21. The molecular weight excluding hydrogens is 543 g/mol. The van der Waals surface area contributed by atoms with Gasteiger partial charge < -0.3 is 4.74 Å². The number of carbonyl (C=O) groups is 1. The molecule has 0 fully saturated rings. The smallest absolute Gasteiger partial charge is 0.435 e. The average Bonchev–Trinajstić information content (AvgIpc) is 3.33. The Morgan fingerprint density at radius 1 is 1.10 bits per heavy atom. The number of allylic oxidation sites excluding steroid dienone is 3. The fraction of sp³-hybridized carbons (Fsp3) is 0.310. The summed E-state index contributed by atoms with van der Waals surface area (Å²) in [5.74, 6) is -0.912. The summed E-state index contributed by atoms with van der Waals surface area (Å²) >= 11 is 0. The minimum atomic E-state index is -4.84. The van der Waals surface area contributed by atoms with E-state index in [-0.39, 0.29) is 17.9 Å². The van der Waals surface area contributed by atoms with Gasteiger partial charge in [-0.3, -0.25) is 0 Å². The lowest BCUT2D eigenvalue weighted by Crippen LogP contribution is -2.20. The molecule has 40 heavy (non-hydrogen) atoms. The third-order valence-electron chi connectivity index (χ3n) is 6.89. The van der Waals surface area contributed by atoms with E-state index in [1.54, 1.807) is 32.0 Å². The van der Waals surface area contributed by atoms with Crippen LogP contribution in [0.3, 0.4) is 0 Å². The van der Waals surface area contributed by atoms with Gasteiger partial charge in [0.2, 0.25) is 10.0 Å². The number of hydrogen-bond donors (Lipinski definition) is 1. The molecule has 0 spiro atoms. The van der Waals surface area contributed by atoms with E-state index >= 15 is 0 Å². The number of esters is 1. The number of ether oxygens (including phenoxy) is 1. The minimum Gasteiger partial charge on any atom is -0.458 e. The quantitative estimate of drug-likeness (QED) is 0.271. The number of nitrogens with two attached hydrogens (primary N) is 1. The van der Waals surface area contributed by atoms with Crippen LogP contribution in [0.1, 0.15) is 60.3 Å². The topological polar surface area (TPSA) is 104 Å². The molecule has 1 aromatic heterocycles. The molecule has 0 unspecified atom stereocenters. The number of aryl methyl sites for hydroxylation is 2. The first kappa shape index (κ1) is 29.3. The molecule has 1 heterocycles. The largest absolute Gasteiger partial charge is 0.458 e.